The monoisotopic (exact) mass is 485 g/mol. The normalized spacial score (nSPS) is 18.9. The van der Waals surface area contributed by atoms with E-state index in [1.165, 1.54) is 11.8 Å². The summed E-state index contributed by atoms with van der Waals surface area (Å²) >= 11 is 7.29. The number of halogens is 1. The molecule has 1 amide bonds. The van der Waals surface area contributed by atoms with Crippen LogP contribution in [0.1, 0.15) is 40.0 Å². The van der Waals surface area contributed by atoms with Crippen molar-refractivity contribution < 1.29 is 13.2 Å². The second kappa shape index (κ2) is 9.92. The van der Waals surface area contributed by atoms with Crippen molar-refractivity contribution in [1.82, 2.24) is 14.5 Å². The summed E-state index contributed by atoms with van der Waals surface area (Å²) in [5.41, 5.74) is 0.347. The number of rotatable bonds is 8. The van der Waals surface area contributed by atoms with Crippen molar-refractivity contribution in [3.63, 3.8) is 0 Å². The smallest absolute Gasteiger partial charge is 0.262 e. The Morgan fingerprint density at radius 2 is 2.13 bits per heavy atom. The number of hydrogen-bond donors (Lipinski definition) is 0. The van der Waals surface area contributed by atoms with E-state index in [1.807, 2.05) is 20.8 Å². The molecule has 0 bridgehead atoms. The molecule has 3 rings (SSSR count). The highest BCUT2D eigenvalue weighted by molar-refractivity contribution is 7.99. The van der Waals surface area contributed by atoms with Crippen LogP contribution < -0.4 is 5.56 Å². The summed E-state index contributed by atoms with van der Waals surface area (Å²) in [6, 6.07) is 4.63. The van der Waals surface area contributed by atoms with Crippen molar-refractivity contribution in [3.05, 3.63) is 33.6 Å². The Balaban J connectivity index is 1.88. The van der Waals surface area contributed by atoms with Crippen LogP contribution in [0.5, 0.6) is 0 Å². The van der Waals surface area contributed by atoms with E-state index < -0.39 is 9.84 Å². The number of hydrogen-bond acceptors (Lipinski definition) is 6. The molecule has 7 nitrogen and oxygen atoms in total. The van der Waals surface area contributed by atoms with Crippen LogP contribution >= 0.6 is 23.4 Å². The van der Waals surface area contributed by atoms with Gasteiger partial charge in [0, 0.05) is 23.7 Å². The zero-order chi connectivity index (χ0) is 22.8. The molecule has 1 fully saturated rings. The first-order valence-electron chi connectivity index (χ1n) is 10.5. The zero-order valence-electron chi connectivity index (χ0n) is 18.0. The number of carbonyl (C=O) groups excluding carboxylic acids is 1. The summed E-state index contributed by atoms with van der Waals surface area (Å²) in [6.07, 6.45) is 1.96. The van der Waals surface area contributed by atoms with Gasteiger partial charge in [-0.3, -0.25) is 14.2 Å². The number of sulfone groups is 1. The number of amides is 1. The molecule has 0 saturated carbocycles. The third kappa shape index (κ3) is 5.43. The average molecular weight is 486 g/mol. The lowest BCUT2D eigenvalue weighted by Crippen LogP contribution is -2.47. The van der Waals surface area contributed by atoms with Gasteiger partial charge < -0.3 is 4.90 Å². The summed E-state index contributed by atoms with van der Waals surface area (Å²) in [4.78, 5) is 32.5. The van der Waals surface area contributed by atoms with E-state index in [4.69, 9.17) is 11.6 Å². The molecule has 0 radical (unpaired) electrons. The molecule has 2 aromatic rings. The molecule has 31 heavy (non-hydrogen) atoms. The molecule has 0 aliphatic carbocycles. The fraction of sp³-hybridized carbons (Fsp3) is 0.571. The summed E-state index contributed by atoms with van der Waals surface area (Å²) in [5.74, 6) is 0.0861. The molecule has 170 valence electrons. The average Bonchev–Trinajstić information content (AvgIpc) is 3.07. The number of carbonyl (C=O) groups is 1. The largest absolute Gasteiger partial charge is 0.335 e. The van der Waals surface area contributed by atoms with Crippen LogP contribution in [-0.2, 0) is 21.2 Å². The zero-order valence-corrected chi connectivity index (χ0v) is 20.4. The Morgan fingerprint density at radius 3 is 2.74 bits per heavy atom. The first kappa shape index (κ1) is 24.1. The second-order valence-corrected chi connectivity index (χ2v) is 11.5. The lowest BCUT2D eigenvalue weighted by atomic mass is 10.1. The SMILES string of the molecule is CCCn1c(SCC(=O)N(C(C)CC)C2CCS(=O)(=O)C2)nc2cc(Cl)ccc2c1=O. The van der Waals surface area contributed by atoms with E-state index in [0.29, 0.717) is 34.0 Å². The fourth-order valence-corrected chi connectivity index (χ4v) is 6.68. The molecule has 0 N–H and O–H groups in total. The topological polar surface area (TPSA) is 89.3 Å². The van der Waals surface area contributed by atoms with Crippen molar-refractivity contribution in [2.75, 3.05) is 17.3 Å². The van der Waals surface area contributed by atoms with E-state index in [-0.39, 0.29) is 40.8 Å². The Kier molecular flexibility index (Phi) is 7.70. The Labute approximate surface area is 192 Å². The molecule has 2 atom stereocenters. The maximum absolute atomic E-state index is 13.2. The van der Waals surface area contributed by atoms with E-state index in [2.05, 4.69) is 4.98 Å². The van der Waals surface area contributed by atoms with Gasteiger partial charge >= 0.3 is 0 Å². The molecular formula is C21H28ClN3O4S2. The quantitative estimate of drug-likeness (QED) is 0.420. The summed E-state index contributed by atoms with van der Waals surface area (Å²) in [6.45, 7) is 6.39. The van der Waals surface area contributed by atoms with Crippen LogP contribution in [0.15, 0.2) is 28.2 Å². The highest BCUT2D eigenvalue weighted by Crippen LogP contribution is 2.25. The number of benzene rings is 1. The number of thioether (sulfide) groups is 1. The van der Waals surface area contributed by atoms with Gasteiger partial charge in [-0.25, -0.2) is 13.4 Å². The molecule has 1 aromatic heterocycles. The van der Waals surface area contributed by atoms with E-state index in [0.717, 1.165) is 12.8 Å². The van der Waals surface area contributed by atoms with Gasteiger partial charge in [-0.2, -0.15) is 0 Å². The molecule has 1 aliphatic rings. The van der Waals surface area contributed by atoms with Crippen LogP contribution in [-0.4, -0.2) is 58.1 Å². The van der Waals surface area contributed by atoms with Crippen LogP contribution in [0.2, 0.25) is 5.02 Å². The van der Waals surface area contributed by atoms with Crippen LogP contribution in [0.3, 0.4) is 0 Å². The van der Waals surface area contributed by atoms with Crippen molar-refractivity contribution in [3.8, 4) is 0 Å². The first-order valence-corrected chi connectivity index (χ1v) is 13.7. The number of fused-ring (bicyclic) bond motifs is 1. The molecule has 0 spiro atoms. The molecule has 2 unspecified atom stereocenters. The van der Waals surface area contributed by atoms with E-state index >= 15 is 0 Å². The molecule has 1 aromatic carbocycles. The molecule has 10 heteroatoms. The van der Waals surface area contributed by atoms with Gasteiger partial charge in [0.1, 0.15) is 0 Å². The minimum Gasteiger partial charge on any atom is -0.335 e. The predicted molar refractivity (Wildman–Crippen MR) is 126 cm³/mol. The maximum Gasteiger partial charge on any atom is 0.262 e. The summed E-state index contributed by atoms with van der Waals surface area (Å²) < 4.78 is 25.5. The molecule has 1 aliphatic heterocycles. The lowest BCUT2D eigenvalue weighted by Gasteiger charge is -2.33. The van der Waals surface area contributed by atoms with Gasteiger partial charge in [-0.1, -0.05) is 37.2 Å². The number of aromatic nitrogens is 2. The second-order valence-electron chi connectivity index (χ2n) is 7.92. The minimum absolute atomic E-state index is 0.0149. The molecule has 1 saturated heterocycles. The van der Waals surface area contributed by atoms with Crippen LogP contribution in [0.4, 0.5) is 0 Å². The summed E-state index contributed by atoms with van der Waals surface area (Å²) in [5, 5.41) is 1.45. The number of nitrogens with zero attached hydrogens (tertiary/aromatic N) is 3. The molecular weight excluding hydrogens is 458 g/mol. The fourth-order valence-electron chi connectivity index (χ4n) is 3.91. The maximum atomic E-state index is 13.2. The van der Waals surface area contributed by atoms with E-state index in [1.54, 1.807) is 27.7 Å². The van der Waals surface area contributed by atoms with E-state index in [9.17, 15) is 18.0 Å². The van der Waals surface area contributed by atoms with Crippen molar-refractivity contribution in [2.45, 2.75) is 63.8 Å². The van der Waals surface area contributed by atoms with Gasteiger partial charge in [-0.05, 0) is 44.4 Å². The first-order chi connectivity index (χ1) is 14.7. The Hall–Kier alpha value is -1.58. The van der Waals surface area contributed by atoms with Crippen molar-refractivity contribution in [1.29, 1.82) is 0 Å². The highest BCUT2D eigenvalue weighted by Gasteiger charge is 2.36. The Bertz CT molecular complexity index is 1130. The van der Waals surface area contributed by atoms with Crippen LogP contribution in [0, 0.1) is 0 Å². The predicted octanol–water partition coefficient (Wildman–Crippen LogP) is 3.37. The van der Waals surface area contributed by atoms with Gasteiger partial charge in [0.05, 0.1) is 28.2 Å². The third-order valence-electron chi connectivity index (χ3n) is 5.61. The van der Waals surface area contributed by atoms with Gasteiger partial charge in [0.2, 0.25) is 5.91 Å². The lowest BCUT2D eigenvalue weighted by molar-refractivity contribution is -0.132. The van der Waals surface area contributed by atoms with Gasteiger partial charge in [0.15, 0.2) is 15.0 Å². The van der Waals surface area contributed by atoms with Gasteiger partial charge in [0.25, 0.3) is 5.56 Å². The third-order valence-corrected chi connectivity index (χ3v) is 8.56. The van der Waals surface area contributed by atoms with Crippen molar-refractivity contribution in [2.24, 2.45) is 0 Å². The highest BCUT2D eigenvalue weighted by atomic mass is 35.5. The van der Waals surface area contributed by atoms with Crippen molar-refractivity contribution >= 4 is 50.0 Å². The van der Waals surface area contributed by atoms with Gasteiger partial charge in [-0.15, -0.1) is 0 Å². The Morgan fingerprint density at radius 1 is 1.39 bits per heavy atom. The standard InChI is InChI=1S/C21H28ClN3O4S2/c1-4-9-24-20(27)17-7-6-15(22)11-18(17)23-21(24)30-12-19(26)25(14(3)5-2)16-8-10-31(28,29)13-16/h6-7,11,14,16H,4-5,8-10,12-13H2,1-3H3. The van der Waals surface area contributed by atoms with Crippen LogP contribution in [0.25, 0.3) is 10.9 Å². The minimum atomic E-state index is -3.10. The molecule has 2 heterocycles. The summed E-state index contributed by atoms with van der Waals surface area (Å²) in [7, 11) is -3.10.